The minimum absolute atomic E-state index is 0.0352. The summed E-state index contributed by atoms with van der Waals surface area (Å²) in [4.78, 5) is 14.0. The quantitative estimate of drug-likeness (QED) is 0.848. The summed E-state index contributed by atoms with van der Waals surface area (Å²) in [7, 11) is 0. The third-order valence-corrected chi connectivity index (χ3v) is 5.38. The van der Waals surface area contributed by atoms with Crippen LogP contribution in [0, 0.1) is 5.92 Å². The van der Waals surface area contributed by atoms with Crippen molar-refractivity contribution in [1.82, 2.24) is 10.2 Å². The van der Waals surface area contributed by atoms with Gasteiger partial charge in [-0.3, -0.25) is 0 Å². The maximum atomic E-state index is 12.2. The molecular weight excluding hydrogens is 292 g/mol. The Morgan fingerprint density at radius 3 is 2.52 bits per heavy atom. The molecule has 3 atom stereocenters. The molecule has 0 bridgehead atoms. The van der Waals surface area contributed by atoms with Gasteiger partial charge in [0, 0.05) is 31.8 Å². The minimum atomic E-state index is -0.427. The summed E-state index contributed by atoms with van der Waals surface area (Å²) in [5, 5.41) is 3.79. The predicted molar refractivity (Wildman–Crippen MR) is 89.5 cm³/mol. The van der Waals surface area contributed by atoms with Gasteiger partial charge in [-0.1, -0.05) is 6.92 Å². The van der Waals surface area contributed by atoms with E-state index in [0.29, 0.717) is 6.04 Å². The van der Waals surface area contributed by atoms with Gasteiger partial charge in [0.2, 0.25) is 0 Å². The highest BCUT2D eigenvalue weighted by atomic mass is 16.6. The average molecular weight is 324 g/mol. The van der Waals surface area contributed by atoms with E-state index in [4.69, 9.17) is 9.47 Å². The largest absolute Gasteiger partial charge is 0.444 e. The van der Waals surface area contributed by atoms with Crippen molar-refractivity contribution < 1.29 is 14.3 Å². The number of ether oxygens (including phenoxy) is 2. The molecule has 3 fully saturated rings. The van der Waals surface area contributed by atoms with Crippen LogP contribution in [0.1, 0.15) is 59.8 Å². The molecule has 5 nitrogen and oxygen atoms in total. The third-order valence-electron chi connectivity index (χ3n) is 5.38. The number of hydrogen-bond acceptors (Lipinski definition) is 4. The van der Waals surface area contributed by atoms with E-state index in [0.717, 1.165) is 57.3 Å². The average Bonchev–Trinajstić information content (AvgIpc) is 3.13. The Morgan fingerprint density at radius 1 is 1.30 bits per heavy atom. The number of rotatable bonds is 2. The van der Waals surface area contributed by atoms with E-state index in [-0.39, 0.29) is 11.7 Å². The highest BCUT2D eigenvalue weighted by Gasteiger charge is 2.43. The first-order valence-electron chi connectivity index (χ1n) is 9.14. The van der Waals surface area contributed by atoms with Crippen LogP contribution in [0.25, 0.3) is 0 Å². The van der Waals surface area contributed by atoms with Gasteiger partial charge < -0.3 is 19.7 Å². The van der Waals surface area contributed by atoms with Crippen molar-refractivity contribution in [3.05, 3.63) is 0 Å². The van der Waals surface area contributed by atoms with E-state index in [2.05, 4.69) is 12.2 Å². The molecule has 1 aliphatic carbocycles. The van der Waals surface area contributed by atoms with Gasteiger partial charge >= 0.3 is 6.09 Å². The molecule has 0 aromatic heterocycles. The van der Waals surface area contributed by atoms with Crippen LogP contribution < -0.4 is 5.32 Å². The Balaban J connectivity index is 1.49. The van der Waals surface area contributed by atoms with Crippen molar-refractivity contribution in [3.8, 4) is 0 Å². The third kappa shape index (κ3) is 4.38. The van der Waals surface area contributed by atoms with Crippen molar-refractivity contribution in [2.75, 3.05) is 19.7 Å². The van der Waals surface area contributed by atoms with E-state index in [1.54, 1.807) is 0 Å². The summed E-state index contributed by atoms with van der Waals surface area (Å²) in [5.74, 6) is 0.836. The summed E-state index contributed by atoms with van der Waals surface area (Å²) in [5.41, 5.74) is -0.462. The van der Waals surface area contributed by atoms with Crippen molar-refractivity contribution in [2.45, 2.75) is 83.1 Å². The molecule has 2 heterocycles. The first kappa shape index (κ1) is 17.0. The lowest BCUT2D eigenvalue weighted by Crippen LogP contribution is -2.54. The number of carbonyl (C=O) groups is 1. The second kappa shape index (κ2) is 6.25. The van der Waals surface area contributed by atoms with Crippen molar-refractivity contribution in [3.63, 3.8) is 0 Å². The van der Waals surface area contributed by atoms with Crippen LogP contribution in [0.5, 0.6) is 0 Å². The van der Waals surface area contributed by atoms with E-state index in [1.165, 1.54) is 6.42 Å². The van der Waals surface area contributed by atoms with Gasteiger partial charge in [0.05, 0.1) is 5.60 Å². The van der Waals surface area contributed by atoms with Crippen LogP contribution >= 0.6 is 0 Å². The molecule has 1 amide bonds. The molecule has 3 rings (SSSR count). The fraction of sp³-hybridized carbons (Fsp3) is 0.944. The smallest absolute Gasteiger partial charge is 0.410 e. The number of hydrogen-bond donors (Lipinski definition) is 1. The lowest BCUT2D eigenvalue weighted by atomic mass is 9.82. The fourth-order valence-electron chi connectivity index (χ4n) is 3.80. The van der Waals surface area contributed by atoms with Crippen LogP contribution in [-0.2, 0) is 9.47 Å². The molecule has 2 saturated heterocycles. The summed E-state index contributed by atoms with van der Waals surface area (Å²) in [6.45, 7) is 10.4. The summed E-state index contributed by atoms with van der Waals surface area (Å²) in [6, 6.07) is 1.30. The minimum Gasteiger partial charge on any atom is -0.444 e. The maximum Gasteiger partial charge on any atom is 0.410 e. The molecule has 5 heteroatoms. The number of carbonyl (C=O) groups excluding carboxylic acids is 1. The van der Waals surface area contributed by atoms with E-state index >= 15 is 0 Å². The predicted octanol–water partition coefficient (Wildman–Crippen LogP) is 2.93. The number of amides is 1. The van der Waals surface area contributed by atoms with Crippen LogP contribution in [0.4, 0.5) is 4.79 Å². The monoisotopic (exact) mass is 324 g/mol. The molecule has 2 aliphatic heterocycles. The first-order valence-corrected chi connectivity index (χ1v) is 9.14. The lowest BCUT2D eigenvalue weighted by molar-refractivity contribution is -0.118. The van der Waals surface area contributed by atoms with E-state index in [1.807, 2.05) is 25.7 Å². The lowest BCUT2D eigenvalue weighted by Gasteiger charge is -2.46. The zero-order valence-corrected chi connectivity index (χ0v) is 15.1. The highest BCUT2D eigenvalue weighted by molar-refractivity contribution is 5.68. The number of piperidine rings is 1. The first-order chi connectivity index (χ1) is 10.8. The molecule has 3 aliphatic rings. The van der Waals surface area contributed by atoms with Gasteiger partial charge in [-0.2, -0.15) is 0 Å². The second-order valence-corrected chi connectivity index (χ2v) is 8.67. The van der Waals surface area contributed by atoms with E-state index < -0.39 is 5.60 Å². The molecule has 1 N–H and O–H groups in total. The molecule has 0 aromatic rings. The fourth-order valence-corrected chi connectivity index (χ4v) is 3.80. The second-order valence-electron chi connectivity index (χ2n) is 8.67. The Bertz CT molecular complexity index is 438. The Labute approximate surface area is 140 Å². The highest BCUT2D eigenvalue weighted by Crippen LogP contribution is 2.37. The van der Waals surface area contributed by atoms with E-state index in [9.17, 15) is 4.79 Å². The van der Waals surface area contributed by atoms with Gasteiger partial charge in [-0.05, 0) is 58.8 Å². The zero-order valence-electron chi connectivity index (χ0n) is 15.1. The Morgan fingerprint density at radius 2 is 1.96 bits per heavy atom. The Hall–Kier alpha value is -0.810. The summed E-state index contributed by atoms with van der Waals surface area (Å²) in [6.07, 6.45) is 5.16. The number of likely N-dealkylation sites (tertiary alicyclic amines) is 1. The number of nitrogens with one attached hydrogen (secondary N) is 1. The number of nitrogens with zero attached hydrogens (tertiary/aromatic N) is 1. The molecule has 1 spiro atoms. The summed E-state index contributed by atoms with van der Waals surface area (Å²) >= 11 is 0. The summed E-state index contributed by atoms with van der Waals surface area (Å²) < 4.78 is 11.7. The molecule has 1 unspecified atom stereocenters. The van der Waals surface area contributed by atoms with Crippen LogP contribution in [0.3, 0.4) is 0 Å². The Kier molecular flexibility index (Phi) is 4.62. The topological polar surface area (TPSA) is 50.8 Å². The van der Waals surface area contributed by atoms with Crippen LogP contribution in [0.2, 0.25) is 0 Å². The van der Waals surface area contributed by atoms with Gasteiger partial charge in [0.25, 0.3) is 0 Å². The van der Waals surface area contributed by atoms with Gasteiger partial charge in [-0.25, -0.2) is 4.79 Å². The SMILES string of the molecule is C[C@@H]1C[C@H]1NC1CCOC2(CCN(C(=O)OC(C)(C)C)CC2)C1. The molecule has 0 radical (unpaired) electrons. The van der Waals surface area contributed by atoms with Gasteiger partial charge in [0.15, 0.2) is 0 Å². The van der Waals surface area contributed by atoms with Crippen LogP contribution in [0.15, 0.2) is 0 Å². The molecule has 23 heavy (non-hydrogen) atoms. The molecule has 132 valence electrons. The normalized spacial score (nSPS) is 33.6. The zero-order chi connectivity index (χ0) is 16.7. The van der Waals surface area contributed by atoms with Crippen molar-refractivity contribution >= 4 is 6.09 Å². The van der Waals surface area contributed by atoms with Crippen LogP contribution in [-0.4, -0.2) is 54.0 Å². The molecule has 1 saturated carbocycles. The van der Waals surface area contributed by atoms with Gasteiger partial charge in [-0.15, -0.1) is 0 Å². The van der Waals surface area contributed by atoms with Gasteiger partial charge in [0.1, 0.15) is 5.60 Å². The molecule has 0 aromatic carbocycles. The maximum absolute atomic E-state index is 12.2. The van der Waals surface area contributed by atoms with Crippen molar-refractivity contribution in [2.24, 2.45) is 5.92 Å². The standard InChI is InChI=1S/C18H32N2O3/c1-13-11-15(13)19-14-5-10-22-18(12-14)6-8-20(9-7-18)16(21)23-17(2,3)4/h13-15,19H,5-12H2,1-4H3/t13-,14?,15-/m1/s1. The van der Waals surface area contributed by atoms with Crippen molar-refractivity contribution in [1.29, 1.82) is 0 Å². The molecular formula is C18H32N2O3.